The van der Waals surface area contributed by atoms with Crippen LogP contribution in [0.2, 0.25) is 0 Å². The van der Waals surface area contributed by atoms with Crippen molar-refractivity contribution in [2.45, 2.75) is 26.9 Å². The molecule has 0 fully saturated rings. The predicted molar refractivity (Wildman–Crippen MR) is 77.6 cm³/mol. The second-order valence-corrected chi connectivity index (χ2v) is 5.85. The number of hydrogen-bond donors (Lipinski definition) is 1. The molecule has 3 rings (SSSR count). The van der Waals surface area contributed by atoms with E-state index >= 15 is 0 Å². The van der Waals surface area contributed by atoms with Gasteiger partial charge in [0.05, 0.1) is 23.8 Å². The van der Waals surface area contributed by atoms with E-state index in [1.165, 1.54) is 4.88 Å². The zero-order valence-electron chi connectivity index (χ0n) is 11.2. The minimum absolute atomic E-state index is 0.613. The van der Waals surface area contributed by atoms with E-state index in [0.29, 0.717) is 6.61 Å². The van der Waals surface area contributed by atoms with E-state index in [-0.39, 0.29) is 0 Å². The molecule has 4 nitrogen and oxygen atoms in total. The van der Waals surface area contributed by atoms with Crippen LogP contribution in [0.5, 0.6) is 0 Å². The van der Waals surface area contributed by atoms with E-state index < -0.39 is 0 Å². The van der Waals surface area contributed by atoms with Crippen LogP contribution in [0.15, 0.2) is 12.1 Å². The topological polar surface area (TPSA) is 47.0 Å². The van der Waals surface area contributed by atoms with Crippen LogP contribution in [0.1, 0.15) is 23.1 Å². The van der Waals surface area contributed by atoms with Gasteiger partial charge >= 0.3 is 0 Å². The van der Waals surface area contributed by atoms with Crippen LogP contribution in [0.25, 0.3) is 10.7 Å². The summed E-state index contributed by atoms with van der Waals surface area (Å²) in [5.74, 6) is 1.75. The van der Waals surface area contributed by atoms with Crippen LogP contribution in [-0.4, -0.2) is 23.1 Å². The highest BCUT2D eigenvalue weighted by molar-refractivity contribution is 7.15. The van der Waals surface area contributed by atoms with Gasteiger partial charge in [-0.05, 0) is 26.0 Å². The highest BCUT2D eigenvalue weighted by Crippen LogP contribution is 2.29. The van der Waals surface area contributed by atoms with Gasteiger partial charge in [-0.25, -0.2) is 9.97 Å². The van der Waals surface area contributed by atoms with Gasteiger partial charge in [0.15, 0.2) is 5.82 Å². The van der Waals surface area contributed by atoms with Crippen molar-refractivity contribution in [1.82, 2.24) is 9.97 Å². The van der Waals surface area contributed by atoms with Crippen LogP contribution in [0.4, 0.5) is 5.82 Å². The van der Waals surface area contributed by atoms with Gasteiger partial charge < -0.3 is 10.1 Å². The maximum absolute atomic E-state index is 5.52. The number of hydrogen-bond acceptors (Lipinski definition) is 5. The predicted octanol–water partition coefficient (Wildman–Crippen LogP) is 3.02. The number of aryl methyl sites for hydroxylation is 1. The number of thiophene rings is 1. The fourth-order valence-corrected chi connectivity index (χ4v) is 3.01. The van der Waals surface area contributed by atoms with Gasteiger partial charge in [0, 0.05) is 23.4 Å². The molecule has 1 aliphatic heterocycles. The highest BCUT2D eigenvalue weighted by Gasteiger charge is 2.19. The summed E-state index contributed by atoms with van der Waals surface area (Å²) >= 11 is 1.73. The SMILES string of the molecule is CCNc1nc(-c2ccc(C)s2)nc2c1COCC2. The Morgan fingerprint density at radius 2 is 2.26 bits per heavy atom. The molecule has 0 saturated heterocycles. The maximum atomic E-state index is 5.52. The number of ether oxygens (including phenoxy) is 1. The summed E-state index contributed by atoms with van der Waals surface area (Å²) < 4.78 is 5.52. The van der Waals surface area contributed by atoms with Crippen LogP contribution in [0, 0.1) is 6.92 Å². The number of rotatable bonds is 3. The summed E-state index contributed by atoms with van der Waals surface area (Å²) in [7, 11) is 0. The molecule has 0 spiro atoms. The Morgan fingerprint density at radius 3 is 3.00 bits per heavy atom. The molecule has 1 N–H and O–H groups in total. The lowest BCUT2D eigenvalue weighted by Gasteiger charge is -2.19. The summed E-state index contributed by atoms with van der Waals surface area (Å²) in [5.41, 5.74) is 2.24. The molecule has 0 unspecified atom stereocenters. The van der Waals surface area contributed by atoms with E-state index in [2.05, 4.69) is 36.3 Å². The van der Waals surface area contributed by atoms with E-state index in [4.69, 9.17) is 9.72 Å². The van der Waals surface area contributed by atoms with Crippen molar-refractivity contribution in [2.75, 3.05) is 18.5 Å². The van der Waals surface area contributed by atoms with Crippen molar-refractivity contribution in [1.29, 1.82) is 0 Å². The molecule has 0 amide bonds. The summed E-state index contributed by atoms with van der Waals surface area (Å²) in [5, 5.41) is 3.33. The third kappa shape index (κ3) is 2.48. The first kappa shape index (κ1) is 12.6. The van der Waals surface area contributed by atoms with E-state index in [9.17, 15) is 0 Å². The zero-order valence-corrected chi connectivity index (χ0v) is 12.0. The highest BCUT2D eigenvalue weighted by atomic mass is 32.1. The van der Waals surface area contributed by atoms with E-state index in [0.717, 1.165) is 47.3 Å². The smallest absolute Gasteiger partial charge is 0.171 e. The molecule has 100 valence electrons. The molecule has 19 heavy (non-hydrogen) atoms. The van der Waals surface area contributed by atoms with Crippen molar-refractivity contribution in [3.05, 3.63) is 28.3 Å². The number of nitrogens with zero attached hydrogens (tertiary/aromatic N) is 2. The maximum Gasteiger partial charge on any atom is 0.171 e. The van der Waals surface area contributed by atoms with Crippen LogP contribution in [-0.2, 0) is 17.8 Å². The lowest BCUT2D eigenvalue weighted by molar-refractivity contribution is 0.109. The second kappa shape index (κ2) is 5.27. The molecule has 0 saturated carbocycles. The van der Waals surface area contributed by atoms with Crippen molar-refractivity contribution in [3.63, 3.8) is 0 Å². The molecule has 0 aromatic carbocycles. The Kier molecular flexibility index (Phi) is 3.48. The van der Waals surface area contributed by atoms with Crippen molar-refractivity contribution < 1.29 is 4.74 Å². The van der Waals surface area contributed by atoms with E-state index in [1.807, 2.05) is 0 Å². The summed E-state index contributed by atoms with van der Waals surface area (Å²) in [6.45, 7) is 6.39. The Balaban J connectivity index is 2.08. The third-order valence-electron chi connectivity index (χ3n) is 3.13. The monoisotopic (exact) mass is 275 g/mol. The Hall–Kier alpha value is -1.46. The molecular formula is C14H17N3OS. The number of nitrogens with one attached hydrogen (secondary N) is 1. The van der Waals surface area contributed by atoms with Gasteiger partial charge in [0.25, 0.3) is 0 Å². The number of fused-ring (bicyclic) bond motifs is 1. The first-order valence-corrected chi connectivity index (χ1v) is 7.37. The average Bonchev–Trinajstić information content (AvgIpc) is 2.86. The number of aromatic nitrogens is 2. The molecule has 0 atom stereocenters. The average molecular weight is 275 g/mol. The van der Waals surface area contributed by atoms with Crippen molar-refractivity contribution in [2.24, 2.45) is 0 Å². The quantitative estimate of drug-likeness (QED) is 0.935. The van der Waals surface area contributed by atoms with Crippen LogP contribution >= 0.6 is 11.3 Å². The lowest BCUT2D eigenvalue weighted by Crippen LogP contribution is -2.17. The molecule has 0 radical (unpaired) electrons. The minimum Gasteiger partial charge on any atom is -0.376 e. The van der Waals surface area contributed by atoms with Crippen molar-refractivity contribution >= 4 is 17.2 Å². The van der Waals surface area contributed by atoms with Gasteiger partial charge in [-0.2, -0.15) is 0 Å². The Morgan fingerprint density at radius 1 is 1.37 bits per heavy atom. The summed E-state index contributed by atoms with van der Waals surface area (Å²) in [6.07, 6.45) is 0.869. The molecule has 1 aliphatic rings. The summed E-state index contributed by atoms with van der Waals surface area (Å²) in [6, 6.07) is 4.20. The van der Waals surface area contributed by atoms with Gasteiger partial charge in [-0.15, -0.1) is 11.3 Å². The fourth-order valence-electron chi connectivity index (χ4n) is 2.21. The van der Waals surface area contributed by atoms with Crippen LogP contribution < -0.4 is 5.32 Å². The molecule has 2 aromatic heterocycles. The Bertz CT molecular complexity index is 594. The van der Waals surface area contributed by atoms with Gasteiger partial charge in [-0.3, -0.25) is 0 Å². The molecule has 2 aromatic rings. The first-order valence-electron chi connectivity index (χ1n) is 6.56. The van der Waals surface area contributed by atoms with Crippen molar-refractivity contribution in [3.8, 4) is 10.7 Å². The van der Waals surface area contributed by atoms with Gasteiger partial charge in [-0.1, -0.05) is 0 Å². The van der Waals surface area contributed by atoms with Crippen LogP contribution in [0.3, 0.4) is 0 Å². The molecule has 0 bridgehead atoms. The summed E-state index contributed by atoms with van der Waals surface area (Å²) in [4.78, 5) is 11.8. The molecule has 3 heterocycles. The normalized spacial score (nSPS) is 14.2. The van der Waals surface area contributed by atoms with E-state index in [1.54, 1.807) is 11.3 Å². The largest absolute Gasteiger partial charge is 0.376 e. The minimum atomic E-state index is 0.613. The second-order valence-electron chi connectivity index (χ2n) is 4.56. The fraction of sp³-hybridized carbons (Fsp3) is 0.429. The van der Waals surface area contributed by atoms with Gasteiger partial charge in [0.2, 0.25) is 0 Å². The number of anilines is 1. The molecular weight excluding hydrogens is 258 g/mol. The standard InChI is InChI=1S/C14H17N3OS/c1-3-15-13-10-8-18-7-6-11(10)16-14(17-13)12-5-4-9(2)19-12/h4-5H,3,6-8H2,1-2H3,(H,15,16,17). The zero-order chi connectivity index (χ0) is 13.2. The third-order valence-corrected chi connectivity index (χ3v) is 4.12. The molecule has 0 aliphatic carbocycles. The van der Waals surface area contributed by atoms with Gasteiger partial charge in [0.1, 0.15) is 5.82 Å². The first-order chi connectivity index (χ1) is 9.28. The molecule has 5 heteroatoms. The Labute approximate surface area is 116 Å². The lowest BCUT2D eigenvalue weighted by atomic mass is 10.1.